The standard InChI is InChI=1S/C40H64O5/c1-25(2)27-17-22-40(31(41)15-16-33(42)43)24-23-38(6)28(34(27)40)13-14-30-37(5)20-19-32(45-35(44)26-11-9-8-10-12-26)36(3,4)29(37)18-21-39(30,38)7/h25-30,32,34H,8-24H2,1-7H3,(H,42,43)/t27-,28?,29?,30?,32+,34?,37-,38+,39+,40+/m0/s1. The summed E-state index contributed by atoms with van der Waals surface area (Å²) in [7, 11) is 0. The number of hydrogen-bond donors (Lipinski definition) is 1. The Balaban J connectivity index is 1.27. The van der Waals surface area contributed by atoms with E-state index < -0.39 is 5.97 Å². The highest BCUT2D eigenvalue weighted by molar-refractivity contribution is 5.88. The minimum atomic E-state index is -0.852. The maximum Gasteiger partial charge on any atom is 0.309 e. The van der Waals surface area contributed by atoms with Crippen molar-refractivity contribution in [1.29, 1.82) is 0 Å². The van der Waals surface area contributed by atoms with E-state index in [1.807, 2.05) is 0 Å². The summed E-state index contributed by atoms with van der Waals surface area (Å²) in [4.78, 5) is 38.8. The van der Waals surface area contributed by atoms with Crippen LogP contribution in [0.4, 0.5) is 0 Å². The largest absolute Gasteiger partial charge is 0.481 e. The zero-order valence-corrected chi connectivity index (χ0v) is 29.7. The SMILES string of the molecule is CC(C)[C@@H]1CC[C@]2(C(=O)CCC(=O)O)CC[C@]3(C)C(CCC4[C@@]5(C)CC[C@@H](OC(=O)C6CCCCC6)C(C)(C)C5CC[C@]43C)C12. The van der Waals surface area contributed by atoms with Crippen molar-refractivity contribution in [3.8, 4) is 0 Å². The zero-order chi connectivity index (χ0) is 32.6. The van der Waals surface area contributed by atoms with Crippen LogP contribution in [-0.4, -0.2) is 28.9 Å². The molecule has 6 saturated carbocycles. The van der Waals surface area contributed by atoms with Crippen molar-refractivity contribution in [2.24, 2.45) is 68.5 Å². The summed E-state index contributed by atoms with van der Waals surface area (Å²) in [6, 6.07) is 0. The van der Waals surface area contributed by atoms with Crippen LogP contribution >= 0.6 is 0 Å². The van der Waals surface area contributed by atoms with E-state index in [1.54, 1.807) is 0 Å². The van der Waals surface area contributed by atoms with E-state index in [0.717, 1.165) is 64.2 Å². The number of rotatable bonds is 7. The highest BCUT2D eigenvalue weighted by atomic mass is 16.5. The highest BCUT2D eigenvalue weighted by Gasteiger charge is 2.72. The first-order valence-electron chi connectivity index (χ1n) is 19.1. The molecule has 6 aliphatic carbocycles. The summed E-state index contributed by atoms with van der Waals surface area (Å²) in [6.45, 7) is 17.4. The molecule has 0 aromatic heterocycles. The number of fused-ring (bicyclic) bond motifs is 7. The molecule has 6 fully saturated rings. The Kier molecular flexibility index (Phi) is 8.67. The Morgan fingerprint density at radius 2 is 1.44 bits per heavy atom. The summed E-state index contributed by atoms with van der Waals surface area (Å²) in [5.41, 5.74) is 0.251. The summed E-state index contributed by atoms with van der Waals surface area (Å²) in [5.74, 6) is 2.74. The second-order valence-electron chi connectivity index (χ2n) is 18.7. The third-order valence-electron chi connectivity index (χ3n) is 16.6. The average Bonchev–Trinajstić information content (AvgIpc) is 3.39. The van der Waals surface area contributed by atoms with Gasteiger partial charge in [0.15, 0.2) is 0 Å². The van der Waals surface area contributed by atoms with Crippen molar-refractivity contribution in [1.82, 2.24) is 0 Å². The predicted octanol–water partition coefficient (Wildman–Crippen LogP) is 9.65. The van der Waals surface area contributed by atoms with E-state index in [4.69, 9.17) is 4.74 Å². The van der Waals surface area contributed by atoms with Gasteiger partial charge in [0.05, 0.1) is 12.3 Å². The third kappa shape index (κ3) is 4.99. The van der Waals surface area contributed by atoms with Crippen LogP contribution in [0.2, 0.25) is 0 Å². The van der Waals surface area contributed by atoms with Crippen LogP contribution in [0.25, 0.3) is 0 Å². The second-order valence-corrected chi connectivity index (χ2v) is 18.7. The number of carboxylic acid groups (broad SMARTS) is 1. The topological polar surface area (TPSA) is 80.7 Å². The van der Waals surface area contributed by atoms with Crippen molar-refractivity contribution in [3.63, 3.8) is 0 Å². The zero-order valence-electron chi connectivity index (χ0n) is 29.7. The van der Waals surface area contributed by atoms with Gasteiger partial charge >= 0.3 is 11.9 Å². The predicted molar refractivity (Wildman–Crippen MR) is 177 cm³/mol. The molecule has 0 aromatic rings. The molecule has 5 heteroatoms. The smallest absolute Gasteiger partial charge is 0.309 e. The van der Waals surface area contributed by atoms with Gasteiger partial charge in [-0.3, -0.25) is 14.4 Å². The third-order valence-corrected chi connectivity index (χ3v) is 16.6. The number of carbonyl (C=O) groups excluding carboxylic acids is 2. The van der Waals surface area contributed by atoms with Crippen LogP contribution in [0, 0.1) is 68.5 Å². The number of carbonyl (C=O) groups is 3. The fraction of sp³-hybridized carbons (Fsp3) is 0.925. The highest BCUT2D eigenvalue weighted by Crippen LogP contribution is 2.77. The maximum atomic E-state index is 14.0. The molecule has 6 aliphatic rings. The van der Waals surface area contributed by atoms with E-state index in [1.165, 1.54) is 32.1 Å². The lowest BCUT2D eigenvalue weighted by Gasteiger charge is -2.73. The molecule has 0 heterocycles. The molecular weight excluding hydrogens is 560 g/mol. The van der Waals surface area contributed by atoms with E-state index in [9.17, 15) is 19.5 Å². The van der Waals surface area contributed by atoms with Gasteiger partial charge < -0.3 is 9.84 Å². The molecule has 1 N–H and O–H groups in total. The van der Waals surface area contributed by atoms with Gasteiger partial charge in [0.2, 0.25) is 0 Å². The minimum absolute atomic E-state index is 0.0127. The van der Waals surface area contributed by atoms with Crippen molar-refractivity contribution in [2.75, 3.05) is 0 Å². The molecule has 4 unspecified atom stereocenters. The van der Waals surface area contributed by atoms with Crippen LogP contribution in [0.1, 0.15) is 158 Å². The molecule has 45 heavy (non-hydrogen) atoms. The quantitative estimate of drug-likeness (QED) is 0.285. The number of ketones is 1. The monoisotopic (exact) mass is 624 g/mol. The molecular formula is C40H64O5. The van der Waals surface area contributed by atoms with Gasteiger partial charge in [0.1, 0.15) is 11.9 Å². The van der Waals surface area contributed by atoms with Crippen molar-refractivity contribution < 1.29 is 24.2 Å². The van der Waals surface area contributed by atoms with Gasteiger partial charge in [0.25, 0.3) is 0 Å². The van der Waals surface area contributed by atoms with E-state index in [-0.39, 0.29) is 63.7 Å². The normalized spacial score (nSPS) is 46.0. The lowest BCUT2D eigenvalue weighted by atomic mass is 9.32. The van der Waals surface area contributed by atoms with E-state index in [2.05, 4.69) is 48.5 Å². The minimum Gasteiger partial charge on any atom is -0.481 e. The van der Waals surface area contributed by atoms with Gasteiger partial charge in [0, 0.05) is 17.3 Å². The van der Waals surface area contributed by atoms with Gasteiger partial charge in [-0.2, -0.15) is 0 Å². The first-order valence-corrected chi connectivity index (χ1v) is 19.1. The second kappa shape index (κ2) is 11.6. The van der Waals surface area contributed by atoms with E-state index in [0.29, 0.717) is 35.5 Å². The molecule has 0 radical (unpaired) electrons. The van der Waals surface area contributed by atoms with Crippen LogP contribution in [0.15, 0.2) is 0 Å². The molecule has 0 aliphatic heterocycles. The maximum absolute atomic E-state index is 14.0. The van der Waals surface area contributed by atoms with Gasteiger partial charge in [-0.05, 0) is 129 Å². The molecule has 5 nitrogen and oxygen atoms in total. The van der Waals surface area contributed by atoms with Gasteiger partial charge in [-0.15, -0.1) is 0 Å². The number of carboxylic acids is 1. The lowest BCUT2D eigenvalue weighted by molar-refractivity contribution is -0.250. The Morgan fingerprint density at radius 3 is 2.11 bits per heavy atom. The van der Waals surface area contributed by atoms with Crippen LogP contribution in [0.3, 0.4) is 0 Å². The summed E-state index contributed by atoms with van der Waals surface area (Å²) in [6.07, 6.45) is 16.8. The van der Waals surface area contributed by atoms with Gasteiger partial charge in [-0.25, -0.2) is 0 Å². The van der Waals surface area contributed by atoms with Gasteiger partial charge in [-0.1, -0.05) is 67.7 Å². The van der Waals surface area contributed by atoms with Crippen LogP contribution in [-0.2, 0) is 19.1 Å². The molecule has 0 amide bonds. The molecule has 0 spiro atoms. The Labute approximate surface area is 273 Å². The number of aliphatic carboxylic acids is 1. The fourth-order valence-corrected chi connectivity index (χ4v) is 14.1. The summed E-state index contributed by atoms with van der Waals surface area (Å²) in [5, 5.41) is 9.43. The first-order chi connectivity index (χ1) is 21.1. The van der Waals surface area contributed by atoms with Crippen molar-refractivity contribution in [3.05, 3.63) is 0 Å². The summed E-state index contributed by atoms with van der Waals surface area (Å²) >= 11 is 0. The molecule has 10 atom stereocenters. The first kappa shape index (κ1) is 33.5. The Morgan fingerprint density at radius 1 is 0.733 bits per heavy atom. The van der Waals surface area contributed by atoms with Crippen molar-refractivity contribution >= 4 is 17.7 Å². The molecule has 0 bridgehead atoms. The van der Waals surface area contributed by atoms with Crippen LogP contribution in [0.5, 0.6) is 0 Å². The Hall–Kier alpha value is -1.39. The fourth-order valence-electron chi connectivity index (χ4n) is 14.1. The number of esters is 1. The molecule has 0 aromatic carbocycles. The number of ether oxygens (including phenoxy) is 1. The lowest BCUT2D eigenvalue weighted by Crippen LogP contribution is -2.67. The summed E-state index contributed by atoms with van der Waals surface area (Å²) < 4.78 is 6.45. The molecule has 0 saturated heterocycles. The molecule has 6 rings (SSSR count). The molecule has 254 valence electrons. The number of hydrogen-bond acceptors (Lipinski definition) is 4. The average molecular weight is 625 g/mol. The Bertz CT molecular complexity index is 1170. The van der Waals surface area contributed by atoms with E-state index >= 15 is 0 Å². The van der Waals surface area contributed by atoms with Crippen molar-refractivity contribution in [2.45, 2.75) is 164 Å². The van der Waals surface area contributed by atoms with Crippen LogP contribution < -0.4 is 0 Å². The number of Topliss-reactive ketones (excluding diaryl/α,β-unsaturated/α-hetero) is 1.